The number of ether oxygens (including phenoxy) is 2. The number of pyridine rings is 1. The topological polar surface area (TPSA) is 76.4 Å². The number of imidazole rings is 1. The largest absolute Gasteiger partial charge is 0.453 e. The van der Waals surface area contributed by atoms with Gasteiger partial charge < -0.3 is 18.8 Å². The third-order valence-corrected chi connectivity index (χ3v) is 6.23. The number of carbonyl (C=O) groups excluding carboxylic acids is 2. The second-order valence-electron chi connectivity index (χ2n) is 8.59. The molecule has 35 heavy (non-hydrogen) atoms. The smallest absolute Gasteiger partial charge is 0.409 e. The minimum Gasteiger partial charge on any atom is -0.453 e. The van der Waals surface area contributed by atoms with Gasteiger partial charge in [-0.3, -0.25) is 9.69 Å². The van der Waals surface area contributed by atoms with Gasteiger partial charge in [0.1, 0.15) is 17.3 Å². The highest BCUT2D eigenvalue weighted by molar-refractivity contribution is 5.98. The standard InChI is InChI=1S/C25H24F2N4O4/c1-15-5-7-31-20(13-17-14-29(8-9-35-17)25(33)34-2)24(28-21(31)10-15)23-18(26)11-16(12-19(23)27)30-6-3-4-22(30)32/h3,5-7,10-12,17H,4,8-9,13-14H2,1-2H3. The number of morpholine rings is 1. The second-order valence-corrected chi connectivity index (χ2v) is 8.59. The Morgan fingerprint density at radius 2 is 2.03 bits per heavy atom. The van der Waals surface area contributed by atoms with Gasteiger partial charge in [0.2, 0.25) is 5.91 Å². The lowest BCUT2D eigenvalue weighted by molar-refractivity contribution is -0.116. The van der Waals surface area contributed by atoms with E-state index in [1.54, 1.807) is 16.7 Å². The van der Waals surface area contributed by atoms with Gasteiger partial charge in [0.25, 0.3) is 0 Å². The van der Waals surface area contributed by atoms with Gasteiger partial charge in [0, 0.05) is 31.8 Å². The van der Waals surface area contributed by atoms with Gasteiger partial charge in [-0.05, 0) is 36.8 Å². The molecule has 0 spiro atoms. The molecular formula is C25H24F2N4O4. The van der Waals surface area contributed by atoms with E-state index < -0.39 is 23.8 Å². The maximum Gasteiger partial charge on any atom is 0.409 e. The van der Waals surface area contributed by atoms with Crippen molar-refractivity contribution in [3.63, 3.8) is 0 Å². The molecular weight excluding hydrogens is 458 g/mol. The molecule has 1 saturated heterocycles. The Labute approximate surface area is 200 Å². The zero-order valence-corrected chi connectivity index (χ0v) is 19.3. The van der Waals surface area contributed by atoms with Crippen molar-refractivity contribution in [2.24, 2.45) is 0 Å². The summed E-state index contributed by atoms with van der Waals surface area (Å²) in [5.41, 5.74) is 2.03. The van der Waals surface area contributed by atoms with Gasteiger partial charge >= 0.3 is 6.09 Å². The second kappa shape index (κ2) is 9.10. The number of fused-ring (bicyclic) bond motifs is 1. The summed E-state index contributed by atoms with van der Waals surface area (Å²) >= 11 is 0. The number of hydrogen-bond donors (Lipinski definition) is 0. The van der Waals surface area contributed by atoms with Gasteiger partial charge in [-0.15, -0.1) is 0 Å². The van der Waals surface area contributed by atoms with Gasteiger partial charge in [0.05, 0.1) is 49.0 Å². The number of anilines is 1. The molecule has 2 amide bonds. The number of rotatable bonds is 4. The molecule has 5 rings (SSSR count). The lowest BCUT2D eigenvalue weighted by Gasteiger charge is -2.32. The number of benzene rings is 1. The fourth-order valence-corrected chi connectivity index (χ4v) is 4.54. The Morgan fingerprint density at radius 1 is 1.26 bits per heavy atom. The van der Waals surface area contributed by atoms with Crippen molar-refractivity contribution >= 4 is 23.3 Å². The molecule has 1 atom stereocenters. The van der Waals surface area contributed by atoms with Crippen molar-refractivity contribution in [3.8, 4) is 11.3 Å². The number of aryl methyl sites for hydroxylation is 1. The molecule has 0 radical (unpaired) electrons. The number of halogens is 2. The summed E-state index contributed by atoms with van der Waals surface area (Å²) in [6.45, 7) is 2.90. The van der Waals surface area contributed by atoms with Gasteiger partial charge in [-0.1, -0.05) is 6.08 Å². The first-order valence-electron chi connectivity index (χ1n) is 11.3. The maximum atomic E-state index is 15.4. The molecule has 0 N–H and O–H groups in total. The first-order chi connectivity index (χ1) is 16.9. The van der Waals surface area contributed by atoms with E-state index in [4.69, 9.17) is 9.47 Å². The summed E-state index contributed by atoms with van der Waals surface area (Å²) in [7, 11) is 1.32. The number of carbonyl (C=O) groups is 2. The summed E-state index contributed by atoms with van der Waals surface area (Å²) in [5.74, 6) is -1.91. The van der Waals surface area contributed by atoms with Crippen LogP contribution in [0.3, 0.4) is 0 Å². The Balaban J connectivity index is 1.57. The summed E-state index contributed by atoms with van der Waals surface area (Å²) in [6, 6.07) is 5.99. The lowest BCUT2D eigenvalue weighted by atomic mass is 10.0. The summed E-state index contributed by atoms with van der Waals surface area (Å²) in [4.78, 5) is 31.4. The average Bonchev–Trinajstić information content (AvgIpc) is 3.41. The number of hydrogen-bond acceptors (Lipinski definition) is 5. The number of amides is 2. The Bertz CT molecular complexity index is 1330. The number of methoxy groups -OCH3 is 1. The maximum absolute atomic E-state index is 15.4. The monoisotopic (exact) mass is 482 g/mol. The van der Waals surface area contributed by atoms with E-state index in [2.05, 4.69) is 4.98 Å². The molecule has 10 heteroatoms. The van der Waals surface area contributed by atoms with E-state index in [-0.39, 0.29) is 42.2 Å². The van der Waals surface area contributed by atoms with Crippen LogP contribution in [0.5, 0.6) is 0 Å². The predicted octanol–water partition coefficient (Wildman–Crippen LogP) is 3.85. The Morgan fingerprint density at radius 3 is 2.71 bits per heavy atom. The van der Waals surface area contributed by atoms with Crippen LogP contribution in [0, 0.1) is 18.6 Å². The molecule has 4 heterocycles. The van der Waals surface area contributed by atoms with Crippen LogP contribution in [-0.4, -0.2) is 59.2 Å². The van der Waals surface area contributed by atoms with Gasteiger partial charge in [-0.25, -0.2) is 18.6 Å². The summed E-state index contributed by atoms with van der Waals surface area (Å²) in [5, 5.41) is 0. The van der Waals surface area contributed by atoms with Gasteiger partial charge in [-0.2, -0.15) is 0 Å². The van der Waals surface area contributed by atoms with Crippen molar-refractivity contribution < 1.29 is 27.8 Å². The Kier molecular flexibility index (Phi) is 5.98. The predicted molar refractivity (Wildman–Crippen MR) is 124 cm³/mol. The fraction of sp³-hybridized carbons (Fsp3) is 0.320. The van der Waals surface area contributed by atoms with Crippen molar-refractivity contribution in [1.29, 1.82) is 0 Å². The van der Waals surface area contributed by atoms with Crippen LogP contribution < -0.4 is 4.90 Å². The third kappa shape index (κ3) is 4.25. The number of aromatic nitrogens is 2. The molecule has 0 bridgehead atoms. The van der Waals surface area contributed by atoms with Crippen LogP contribution in [0.25, 0.3) is 16.9 Å². The van der Waals surface area contributed by atoms with Crippen molar-refractivity contribution in [2.75, 3.05) is 31.7 Å². The molecule has 2 aliphatic heterocycles. The van der Waals surface area contributed by atoms with E-state index in [0.717, 1.165) is 17.7 Å². The normalized spacial score (nSPS) is 18.1. The minimum absolute atomic E-state index is 0.119. The van der Waals surface area contributed by atoms with Crippen LogP contribution in [0.1, 0.15) is 17.7 Å². The van der Waals surface area contributed by atoms with E-state index in [9.17, 15) is 9.59 Å². The average molecular weight is 482 g/mol. The van der Waals surface area contributed by atoms with Crippen molar-refractivity contribution in [3.05, 3.63) is 65.6 Å². The van der Waals surface area contributed by atoms with Crippen molar-refractivity contribution in [1.82, 2.24) is 14.3 Å². The molecule has 1 aromatic carbocycles. The molecule has 2 aliphatic rings. The van der Waals surface area contributed by atoms with Gasteiger partial charge in [0.15, 0.2) is 0 Å². The third-order valence-electron chi connectivity index (χ3n) is 6.23. The summed E-state index contributed by atoms with van der Waals surface area (Å²) in [6.07, 6.45) is 4.52. The first-order valence-corrected chi connectivity index (χ1v) is 11.3. The highest BCUT2D eigenvalue weighted by atomic mass is 19.1. The highest BCUT2D eigenvalue weighted by Gasteiger charge is 2.29. The van der Waals surface area contributed by atoms with Crippen LogP contribution in [0.15, 0.2) is 42.7 Å². The molecule has 1 fully saturated rings. The zero-order valence-electron chi connectivity index (χ0n) is 19.3. The molecule has 0 saturated carbocycles. The minimum atomic E-state index is -0.824. The van der Waals surface area contributed by atoms with E-state index in [0.29, 0.717) is 24.5 Å². The molecule has 1 unspecified atom stereocenters. The molecule has 2 aromatic heterocycles. The SMILES string of the molecule is COC(=O)N1CCOC(Cc2c(-c3c(F)cc(N4C=CCC4=O)cc3F)nc3cc(C)ccn23)C1. The molecule has 3 aromatic rings. The number of nitrogens with zero attached hydrogens (tertiary/aromatic N) is 4. The molecule has 8 nitrogen and oxygen atoms in total. The first kappa shape index (κ1) is 23.0. The lowest BCUT2D eigenvalue weighted by Crippen LogP contribution is -2.46. The van der Waals surface area contributed by atoms with E-state index >= 15 is 8.78 Å². The molecule has 0 aliphatic carbocycles. The highest BCUT2D eigenvalue weighted by Crippen LogP contribution is 2.34. The van der Waals surface area contributed by atoms with E-state index in [1.807, 2.05) is 19.1 Å². The Hall–Kier alpha value is -3.79. The van der Waals surface area contributed by atoms with Crippen LogP contribution in [0.4, 0.5) is 19.3 Å². The van der Waals surface area contributed by atoms with Crippen LogP contribution in [-0.2, 0) is 20.7 Å². The quantitative estimate of drug-likeness (QED) is 0.565. The van der Waals surface area contributed by atoms with Crippen molar-refractivity contribution in [2.45, 2.75) is 25.9 Å². The molecule has 182 valence electrons. The van der Waals surface area contributed by atoms with Crippen LogP contribution in [0.2, 0.25) is 0 Å². The fourth-order valence-electron chi connectivity index (χ4n) is 4.54. The summed E-state index contributed by atoms with van der Waals surface area (Å²) < 4.78 is 43.3. The van der Waals surface area contributed by atoms with E-state index in [1.165, 1.54) is 23.1 Å². The zero-order chi connectivity index (χ0) is 24.7. The van der Waals surface area contributed by atoms with Crippen LogP contribution >= 0.6 is 0 Å².